The number of para-hydroxylation sites is 1. The minimum Gasteiger partial charge on any atom is -0.365 e. The number of hydrogen-bond acceptors (Lipinski definition) is 4. The van der Waals surface area contributed by atoms with Gasteiger partial charge in [-0.05, 0) is 24.0 Å². The van der Waals surface area contributed by atoms with Crippen molar-refractivity contribution < 1.29 is 4.52 Å². The molecule has 18 heavy (non-hydrogen) atoms. The van der Waals surface area contributed by atoms with Crippen LogP contribution in [0.25, 0.3) is 11.0 Å². The first-order chi connectivity index (χ1) is 8.46. The highest BCUT2D eigenvalue weighted by molar-refractivity contribution is 5.87. The summed E-state index contributed by atoms with van der Waals surface area (Å²) in [5.74, 6) is 0.773. The average molecular weight is 247 g/mol. The number of nitrogens with one attached hydrogen (secondary N) is 1. The van der Waals surface area contributed by atoms with Crippen LogP contribution in [0.5, 0.6) is 0 Å². The third kappa shape index (κ3) is 3.23. The van der Waals surface area contributed by atoms with Crippen molar-refractivity contribution in [2.45, 2.75) is 33.2 Å². The third-order valence-electron chi connectivity index (χ3n) is 2.78. The van der Waals surface area contributed by atoms with E-state index in [1.54, 1.807) is 0 Å². The highest BCUT2D eigenvalue weighted by Gasteiger charge is 2.16. The standard InChI is InChI=1S/C14H21N3O/c1-14(2,3)8-10(15)9-16-13-11-6-4-5-7-12(11)18-17-13/h4-7,10H,8-9,15H2,1-3H3,(H,16,17). The molecule has 4 heteroatoms. The highest BCUT2D eigenvalue weighted by Crippen LogP contribution is 2.23. The van der Waals surface area contributed by atoms with E-state index in [-0.39, 0.29) is 11.5 Å². The lowest BCUT2D eigenvalue weighted by atomic mass is 9.88. The van der Waals surface area contributed by atoms with Gasteiger partial charge in [0.2, 0.25) is 0 Å². The number of fused-ring (bicyclic) bond motifs is 1. The molecule has 1 heterocycles. The van der Waals surface area contributed by atoms with Crippen molar-refractivity contribution in [1.82, 2.24) is 5.16 Å². The second-order valence-electron chi connectivity index (χ2n) is 5.93. The Balaban J connectivity index is 1.98. The minimum atomic E-state index is 0.112. The first kappa shape index (κ1) is 12.9. The van der Waals surface area contributed by atoms with Crippen molar-refractivity contribution in [2.75, 3.05) is 11.9 Å². The summed E-state index contributed by atoms with van der Waals surface area (Å²) < 4.78 is 5.23. The summed E-state index contributed by atoms with van der Waals surface area (Å²) >= 11 is 0. The van der Waals surface area contributed by atoms with E-state index in [4.69, 9.17) is 10.3 Å². The molecule has 0 saturated heterocycles. The summed E-state index contributed by atoms with van der Waals surface area (Å²) in [4.78, 5) is 0. The SMILES string of the molecule is CC(C)(C)CC(N)CNc1noc2ccccc12. The van der Waals surface area contributed by atoms with Gasteiger partial charge in [0.05, 0.1) is 5.39 Å². The fourth-order valence-electron chi connectivity index (χ4n) is 2.10. The van der Waals surface area contributed by atoms with E-state index in [2.05, 4.69) is 31.2 Å². The quantitative estimate of drug-likeness (QED) is 0.871. The van der Waals surface area contributed by atoms with Gasteiger partial charge in [-0.3, -0.25) is 0 Å². The molecule has 0 amide bonds. The van der Waals surface area contributed by atoms with Gasteiger partial charge in [-0.15, -0.1) is 0 Å². The average Bonchev–Trinajstić information content (AvgIpc) is 2.67. The Morgan fingerprint density at radius 1 is 1.33 bits per heavy atom. The summed E-state index contributed by atoms with van der Waals surface area (Å²) in [7, 11) is 0. The molecule has 98 valence electrons. The van der Waals surface area contributed by atoms with Gasteiger partial charge in [0.1, 0.15) is 0 Å². The molecule has 1 aromatic heterocycles. The molecule has 0 bridgehead atoms. The number of nitrogens with zero attached hydrogens (tertiary/aromatic N) is 1. The Labute approximate surface area is 108 Å². The molecule has 0 saturated carbocycles. The highest BCUT2D eigenvalue weighted by atomic mass is 16.5. The lowest BCUT2D eigenvalue weighted by Gasteiger charge is -2.23. The van der Waals surface area contributed by atoms with E-state index >= 15 is 0 Å². The van der Waals surface area contributed by atoms with Crippen LogP contribution in [0.2, 0.25) is 0 Å². The molecule has 3 N–H and O–H groups in total. The largest absolute Gasteiger partial charge is 0.365 e. The first-order valence-electron chi connectivity index (χ1n) is 6.29. The van der Waals surface area contributed by atoms with Gasteiger partial charge in [0.15, 0.2) is 11.4 Å². The molecule has 0 fully saturated rings. The molecule has 1 aromatic carbocycles. The number of benzene rings is 1. The van der Waals surface area contributed by atoms with E-state index < -0.39 is 0 Å². The lowest BCUT2D eigenvalue weighted by molar-refractivity contribution is 0.344. The zero-order chi connectivity index (χ0) is 13.2. The molecular weight excluding hydrogens is 226 g/mol. The summed E-state index contributed by atoms with van der Waals surface area (Å²) in [6.45, 7) is 7.28. The monoisotopic (exact) mass is 247 g/mol. The van der Waals surface area contributed by atoms with Crippen LogP contribution >= 0.6 is 0 Å². The minimum absolute atomic E-state index is 0.112. The molecule has 2 rings (SSSR count). The topological polar surface area (TPSA) is 64.1 Å². The number of nitrogens with two attached hydrogens (primary N) is 1. The van der Waals surface area contributed by atoms with Gasteiger partial charge in [0, 0.05) is 12.6 Å². The van der Waals surface area contributed by atoms with Crippen molar-refractivity contribution in [2.24, 2.45) is 11.1 Å². The normalized spacial score (nSPS) is 13.8. The molecule has 4 nitrogen and oxygen atoms in total. The summed E-state index contributed by atoms with van der Waals surface area (Å²) in [5, 5.41) is 8.28. The zero-order valence-electron chi connectivity index (χ0n) is 11.2. The fraction of sp³-hybridized carbons (Fsp3) is 0.500. The maximum Gasteiger partial charge on any atom is 0.177 e. The van der Waals surface area contributed by atoms with E-state index in [0.717, 1.165) is 23.2 Å². The molecule has 0 radical (unpaired) electrons. The van der Waals surface area contributed by atoms with Crippen LogP contribution in [0.15, 0.2) is 28.8 Å². The van der Waals surface area contributed by atoms with Gasteiger partial charge >= 0.3 is 0 Å². The van der Waals surface area contributed by atoms with Gasteiger partial charge in [0.25, 0.3) is 0 Å². The number of anilines is 1. The molecular formula is C14H21N3O. The van der Waals surface area contributed by atoms with E-state index in [1.165, 1.54) is 0 Å². The van der Waals surface area contributed by atoms with Crippen LogP contribution in [-0.2, 0) is 0 Å². The molecule has 0 aliphatic heterocycles. The molecule has 1 atom stereocenters. The molecule has 0 aliphatic carbocycles. The Morgan fingerprint density at radius 2 is 2.06 bits per heavy atom. The van der Waals surface area contributed by atoms with Crippen LogP contribution in [0.1, 0.15) is 27.2 Å². The Morgan fingerprint density at radius 3 is 2.78 bits per heavy atom. The van der Waals surface area contributed by atoms with E-state index in [9.17, 15) is 0 Å². The third-order valence-corrected chi connectivity index (χ3v) is 2.78. The van der Waals surface area contributed by atoms with Crippen molar-refractivity contribution >= 4 is 16.8 Å². The van der Waals surface area contributed by atoms with E-state index in [0.29, 0.717) is 6.54 Å². The van der Waals surface area contributed by atoms with Crippen molar-refractivity contribution in [3.8, 4) is 0 Å². The van der Waals surface area contributed by atoms with Crippen LogP contribution in [0.4, 0.5) is 5.82 Å². The summed E-state index contributed by atoms with van der Waals surface area (Å²) in [6, 6.07) is 7.91. The zero-order valence-corrected chi connectivity index (χ0v) is 11.2. The predicted octanol–water partition coefficient (Wildman–Crippen LogP) is 3.00. The lowest BCUT2D eigenvalue weighted by Crippen LogP contribution is -2.33. The van der Waals surface area contributed by atoms with Gasteiger partial charge in [-0.2, -0.15) is 0 Å². The number of aromatic nitrogens is 1. The maximum absolute atomic E-state index is 6.10. The van der Waals surface area contributed by atoms with E-state index in [1.807, 2.05) is 24.3 Å². The van der Waals surface area contributed by atoms with Gasteiger partial charge in [-0.1, -0.05) is 38.1 Å². The second-order valence-corrected chi connectivity index (χ2v) is 5.93. The first-order valence-corrected chi connectivity index (χ1v) is 6.29. The van der Waals surface area contributed by atoms with Crippen molar-refractivity contribution in [3.05, 3.63) is 24.3 Å². The van der Waals surface area contributed by atoms with Gasteiger partial charge in [-0.25, -0.2) is 0 Å². The second kappa shape index (κ2) is 4.98. The Bertz CT molecular complexity index is 513. The smallest absolute Gasteiger partial charge is 0.177 e. The molecule has 0 spiro atoms. The van der Waals surface area contributed by atoms with Crippen LogP contribution < -0.4 is 11.1 Å². The van der Waals surface area contributed by atoms with Crippen molar-refractivity contribution in [1.29, 1.82) is 0 Å². The Kier molecular flexibility index (Phi) is 3.57. The number of rotatable bonds is 4. The molecule has 1 unspecified atom stereocenters. The number of hydrogen-bond donors (Lipinski definition) is 2. The van der Waals surface area contributed by atoms with Crippen LogP contribution in [0.3, 0.4) is 0 Å². The molecule has 2 aromatic rings. The van der Waals surface area contributed by atoms with Crippen LogP contribution in [0, 0.1) is 5.41 Å². The fourth-order valence-corrected chi connectivity index (χ4v) is 2.10. The molecule has 0 aliphatic rings. The summed E-state index contributed by atoms with van der Waals surface area (Å²) in [5.41, 5.74) is 7.14. The van der Waals surface area contributed by atoms with Crippen molar-refractivity contribution in [3.63, 3.8) is 0 Å². The van der Waals surface area contributed by atoms with Crippen LogP contribution in [-0.4, -0.2) is 17.7 Å². The Hall–Kier alpha value is -1.55. The summed E-state index contributed by atoms with van der Waals surface area (Å²) in [6.07, 6.45) is 0.968. The van der Waals surface area contributed by atoms with Gasteiger partial charge < -0.3 is 15.6 Å². The maximum atomic E-state index is 6.10. The predicted molar refractivity (Wildman–Crippen MR) is 74.5 cm³/mol.